The number of nitrogens with one attached hydrogen (secondary N) is 3. The van der Waals surface area contributed by atoms with Crippen LogP contribution in [0.3, 0.4) is 0 Å². The van der Waals surface area contributed by atoms with Gasteiger partial charge in [-0.05, 0) is 135 Å². The number of hydrogen-bond donors (Lipinski definition) is 3. The maximum absolute atomic E-state index is 14.5. The van der Waals surface area contributed by atoms with Crippen LogP contribution in [0.15, 0.2) is 131 Å². The number of carbonyl (C=O) groups excluding carboxylic acids is 3. The van der Waals surface area contributed by atoms with Crippen molar-refractivity contribution in [3.63, 3.8) is 0 Å². The summed E-state index contributed by atoms with van der Waals surface area (Å²) in [4.78, 5) is 62.4. The summed E-state index contributed by atoms with van der Waals surface area (Å²) in [5.41, 5.74) is -1.21. The van der Waals surface area contributed by atoms with Crippen LogP contribution >= 0.6 is 8.53 Å². The number of benzene rings is 4. The molecule has 440 valence electrons. The van der Waals surface area contributed by atoms with Crippen molar-refractivity contribution in [2.75, 3.05) is 45.9 Å². The summed E-state index contributed by atoms with van der Waals surface area (Å²) in [5.74, 6) is 0.566. The van der Waals surface area contributed by atoms with Gasteiger partial charge in [0.1, 0.15) is 52.4 Å². The summed E-state index contributed by atoms with van der Waals surface area (Å²) >= 11 is 0. The van der Waals surface area contributed by atoms with Crippen molar-refractivity contribution in [1.29, 1.82) is 5.26 Å². The lowest BCUT2D eigenvalue weighted by atomic mass is 9.80. The highest BCUT2D eigenvalue weighted by atomic mass is 31.2. The van der Waals surface area contributed by atoms with Crippen LogP contribution in [0.25, 0.3) is 0 Å². The standard InChI is InChI=1S/C60H77N8O13P/c1-40(2)68(41(3)4)82(77-38-19-34-61)81-50-48(39-76-60(43-23-17-14-18-24-43,44-25-29-46(73-11)30-26-44)45-27-31-47(74-12)32-28-45)78-53(67-36-33-49(64-55(67)70)63-52(69)42-21-15-13-16-22-42)51(50)75-37-20-35-62-54(65-56(71)79-58(5,6)7)66-57(72)80-59(8,9)10/h13-18,21-33,36,40-41,48,50-51,53H,19-20,35,37-39H2,1-12H3,(H,63,64,69,70)(H2,62,65,66,71,72)/t48-,50-,51-,53-,82?/m1/s1. The lowest BCUT2D eigenvalue weighted by Crippen LogP contribution is -2.47. The van der Waals surface area contributed by atoms with E-state index in [1.54, 1.807) is 86.1 Å². The van der Waals surface area contributed by atoms with Gasteiger partial charge in [0.25, 0.3) is 14.4 Å². The van der Waals surface area contributed by atoms with Crippen molar-refractivity contribution in [2.45, 2.75) is 136 Å². The van der Waals surface area contributed by atoms with Crippen LogP contribution < -0.4 is 31.1 Å². The number of alkyl carbamates (subject to hydrolysis) is 2. The number of anilines is 1. The summed E-state index contributed by atoms with van der Waals surface area (Å²) in [6, 6.07) is 36.8. The molecule has 5 aromatic rings. The van der Waals surface area contributed by atoms with E-state index >= 15 is 0 Å². The average Bonchev–Trinajstić information content (AvgIpc) is 2.26. The Bertz CT molecular complexity index is 2890. The SMILES string of the molecule is COc1ccc(C(OC[C@H]2O[C@@H](n3ccc(NC(=O)c4ccccc4)nc3=O)[C@H](OCCCN=C(NC(=O)OC(C)(C)C)NC(=O)OC(C)(C)C)[C@@H]2OP(OCCC#N)N(C(C)C)C(C)C)(c2ccccc2)c2ccc(OC)cc2)cc1. The van der Waals surface area contributed by atoms with Gasteiger partial charge in [0.15, 0.2) is 6.23 Å². The van der Waals surface area contributed by atoms with Gasteiger partial charge >= 0.3 is 17.9 Å². The van der Waals surface area contributed by atoms with Gasteiger partial charge in [-0.1, -0.05) is 72.8 Å². The predicted octanol–water partition coefficient (Wildman–Crippen LogP) is 10.3. The van der Waals surface area contributed by atoms with Crippen molar-refractivity contribution < 1.29 is 56.6 Å². The number of aromatic nitrogens is 2. The molecule has 0 saturated carbocycles. The van der Waals surface area contributed by atoms with E-state index in [4.69, 9.17) is 42.2 Å². The second kappa shape index (κ2) is 29.6. The molecule has 1 saturated heterocycles. The van der Waals surface area contributed by atoms with Crippen molar-refractivity contribution in [3.05, 3.63) is 154 Å². The molecule has 22 heteroatoms. The Hall–Kier alpha value is -7.28. The number of amides is 3. The first-order valence-electron chi connectivity index (χ1n) is 27.1. The molecule has 1 fully saturated rings. The van der Waals surface area contributed by atoms with Crippen LogP contribution in [0.5, 0.6) is 11.5 Å². The summed E-state index contributed by atoms with van der Waals surface area (Å²) in [6.45, 7) is 18.1. The monoisotopic (exact) mass is 1150 g/mol. The van der Waals surface area contributed by atoms with E-state index in [0.717, 1.165) is 16.7 Å². The molecule has 0 spiro atoms. The highest BCUT2D eigenvalue weighted by molar-refractivity contribution is 7.44. The molecule has 1 aliphatic heterocycles. The molecule has 3 amide bonds. The highest BCUT2D eigenvalue weighted by Gasteiger charge is 2.52. The van der Waals surface area contributed by atoms with E-state index in [2.05, 4.69) is 36.7 Å². The average molecular weight is 1150 g/mol. The largest absolute Gasteiger partial charge is 0.497 e. The van der Waals surface area contributed by atoms with Crippen molar-refractivity contribution in [3.8, 4) is 17.6 Å². The molecule has 82 heavy (non-hydrogen) atoms. The zero-order chi connectivity index (χ0) is 59.6. The van der Waals surface area contributed by atoms with Gasteiger partial charge in [0.05, 0.1) is 39.9 Å². The number of nitriles is 1. The van der Waals surface area contributed by atoms with Crippen molar-refractivity contribution in [2.24, 2.45) is 4.99 Å². The van der Waals surface area contributed by atoms with Gasteiger partial charge in [0.2, 0.25) is 5.96 Å². The van der Waals surface area contributed by atoms with Crippen LogP contribution in [0.1, 0.15) is 115 Å². The second-order valence-corrected chi connectivity index (χ2v) is 22.9. The maximum Gasteiger partial charge on any atom is 0.414 e. The number of hydrogen-bond acceptors (Lipinski definition) is 17. The molecular weight excluding hydrogens is 1070 g/mol. The third kappa shape index (κ3) is 17.9. The fourth-order valence-electron chi connectivity index (χ4n) is 8.89. The lowest BCUT2D eigenvalue weighted by molar-refractivity contribution is -0.0976. The second-order valence-electron chi connectivity index (χ2n) is 21.5. The number of aliphatic imine (C=N–C) groups is 1. The quantitative estimate of drug-likeness (QED) is 0.0171. The minimum atomic E-state index is -2.00. The molecule has 21 nitrogen and oxygen atoms in total. The summed E-state index contributed by atoms with van der Waals surface area (Å²) in [6.07, 6.45) is -4.49. The van der Waals surface area contributed by atoms with Gasteiger partial charge in [-0.2, -0.15) is 10.2 Å². The number of rotatable bonds is 24. The van der Waals surface area contributed by atoms with Crippen LogP contribution in [-0.2, 0) is 38.3 Å². The minimum Gasteiger partial charge on any atom is -0.497 e. The fraction of sp³-hybridized carbons (Fsp3) is 0.450. The van der Waals surface area contributed by atoms with Crippen LogP contribution in [-0.4, -0.2) is 120 Å². The Morgan fingerprint density at radius 1 is 0.756 bits per heavy atom. The molecule has 0 radical (unpaired) electrons. The Morgan fingerprint density at radius 2 is 1.29 bits per heavy atom. The van der Waals surface area contributed by atoms with E-state index in [1.807, 2.05) is 107 Å². The smallest absolute Gasteiger partial charge is 0.414 e. The van der Waals surface area contributed by atoms with E-state index in [-0.39, 0.29) is 63.1 Å². The molecule has 3 N–H and O–H groups in total. The van der Waals surface area contributed by atoms with E-state index in [0.29, 0.717) is 17.1 Å². The highest BCUT2D eigenvalue weighted by Crippen LogP contribution is 2.51. The normalized spacial score (nSPS) is 16.7. The minimum absolute atomic E-state index is 0.00236. The first-order valence-corrected chi connectivity index (χ1v) is 28.2. The number of nitrogens with zero attached hydrogens (tertiary/aromatic N) is 5. The summed E-state index contributed by atoms with van der Waals surface area (Å²) in [5, 5.41) is 17.4. The Balaban J connectivity index is 1.47. The molecule has 1 unspecified atom stereocenters. The first-order chi connectivity index (χ1) is 39.0. The maximum atomic E-state index is 14.5. The van der Waals surface area contributed by atoms with Crippen molar-refractivity contribution in [1.82, 2.24) is 24.9 Å². The predicted molar refractivity (Wildman–Crippen MR) is 311 cm³/mol. The molecule has 6 rings (SSSR count). The molecule has 5 atom stereocenters. The summed E-state index contributed by atoms with van der Waals surface area (Å²) < 4.78 is 60.6. The van der Waals surface area contributed by atoms with E-state index < -0.39 is 73.7 Å². The summed E-state index contributed by atoms with van der Waals surface area (Å²) in [7, 11) is 1.19. The van der Waals surface area contributed by atoms with Crippen LogP contribution in [0.2, 0.25) is 0 Å². The number of guanidine groups is 1. The van der Waals surface area contributed by atoms with Gasteiger partial charge in [0, 0.05) is 37.0 Å². The molecule has 1 aromatic heterocycles. The molecular formula is C60H77N8O13P. The third-order valence-corrected chi connectivity index (χ3v) is 14.4. The topological polar surface area (TPSA) is 245 Å². The van der Waals surface area contributed by atoms with Gasteiger partial charge in [-0.15, -0.1) is 0 Å². The Kier molecular flexibility index (Phi) is 23.1. The van der Waals surface area contributed by atoms with Gasteiger partial charge in [-0.3, -0.25) is 25.0 Å². The molecule has 1 aliphatic rings. The van der Waals surface area contributed by atoms with Gasteiger partial charge in [-0.25, -0.2) is 19.1 Å². The molecule has 2 heterocycles. The Labute approximate surface area is 481 Å². The first kappa shape index (κ1) is 63.9. The van der Waals surface area contributed by atoms with E-state index in [1.165, 1.54) is 16.8 Å². The van der Waals surface area contributed by atoms with Gasteiger partial charge < -0.3 is 47.5 Å². The number of methoxy groups -OCH3 is 2. The van der Waals surface area contributed by atoms with Crippen LogP contribution in [0.4, 0.5) is 15.4 Å². The lowest BCUT2D eigenvalue weighted by Gasteiger charge is -2.39. The molecule has 0 aliphatic carbocycles. The van der Waals surface area contributed by atoms with E-state index in [9.17, 15) is 24.4 Å². The van der Waals surface area contributed by atoms with Crippen molar-refractivity contribution >= 4 is 38.4 Å². The third-order valence-electron chi connectivity index (χ3n) is 12.3. The van der Waals surface area contributed by atoms with Crippen LogP contribution in [0, 0.1) is 11.3 Å². The zero-order valence-corrected chi connectivity index (χ0v) is 49.6. The molecule has 0 bridgehead atoms. The Morgan fingerprint density at radius 3 is 1.79 bits per heavy atom. The fourth-order valence-corrected chi connectivity index (χ4v) is 10.7. The number of carbonyl (C=O) groups is 3. The zero-order valence-electron chi connectivity index (χ0n) is 48.7. The molecule has 4 aromatic carbocycles. The number of ether oxygens (including phenoxy) is 7.